The normalized spacial score (nSPS) is 17.1. The molecule has 0 unspecified atom stereocenters. The van der Waals surface area contributed by atoms with E-state index in [1.165, 1.54) is 34.7 Å². The molecule has 0 aliphatic carbocycles. The van der Waals surface area contributed by atoms with Crippen molar-refractivity contribution < 1.29 is 23.6 Å². The van der Waals surface area contributed by atoms with Gasteiger partial charge in [-0.3, -0.25) is 14.2 Å². The van der Waals surface area contributed by atoms with Gasteiger partial charge < -0.3 is 26.6 Å². The lowest BCUT2D eigenvalue weighted by Gasteiger charge is -2.27. The number of nitrogens with zero attached hydrogens (tertiary/aromatic N) is 2. The summed E-state index contributed by atoms with van der Waals surface area (Å²) >= 11 is 5.81. The summed E-state index contributed by atoms with van der Waals surface area (Å²) in [7, 11) is 0. The minimum Gasteiger partial charge on any atom is -0.351 e. The van der Waals surface area contributed by atoms with Gasteiger partial charge in [-0.25, -0.2) is 14.0 Å². The van der Waals surface area contributed by atoms with Gasteiger partial charge in [0.25, 0.3) is 0 Å². The Kier molecular flexibility index (Phi) is 7.11. The molecule has 0 radical (unpaired) electrons. The van der Waals surface area contributed by atoms with Crippen LogP contribution in [-0.2, 0) is 16.1 Å². The highest BCUT2D eigenvalue weighted by molar-refractivity contribution is 6.30. The predicted molar refractivity (Wildman–Crippen MR) is 132 cm³/mol. The molecule has 10 nitrogen and oxygen atoms in total. The highest BCUT2D eigenvalue weighted by Crippen LogP contribution is 2.27. The summed E-state index contributed by atoms with van der Waals surface area (Å²) in [5.74, 6) is -1.57. The minimum atomic E-state index is -1.05. The van der Waals surface area contributed by atoms with Gasteiger partial charge in [-0.1, -0.05) is 41.9 Å². The van der Waals surface area contributed by atoms with Crippen LogP contribution in [-0.4, -0.2) is 52.0 Å². The van der Waals surface area contributed by atoms with Gasteiger partial charge in [0.1, 0.15) is 11.9 Å². The summed E-state index contributed by atoms with van der Waals surface area (Å²) in [5, 5.41) is 8.59. The van der Waals surface area contributed by atoms with Crippen LogP contribution in [0.25, 0.3) is 10.9 Å². The van der Waals surface area contributed by atoms with Crippen molar-refractivity contribution in [2.75, 3.05) is 11.9 Å². The second-order valence-corrected chi connectivity index (χ2v) is 8.77. The number of rotatable bonds is 5. The van der Waals surface area contributed by atoms with Gasteiger partial charge in [0, 0.05) is 37.2 Å². The Morgan fingerprint density at radius 3 is 2.61 bits per heavy atom. The van der Waals surface area contributed by atoms with Crippen molar-refractivity contribution in [2.24, 2.45) is 5.73 Å². The molecule has 2 atom stereocenters. The number of aromatic nitrogens is 1. The Morgan fingerprint density at radius 2 is 1.89 bits per heavy atom. The van der Waals surface area contributed by atoms with Gasteiger partial charge in [-0.15, -0.1) is 0 Å². The number of hydrogen-bond acceptors (Lipinski definition) is 4. The lowest BCUT2D eigenvalue weighted by Crippen LogP contribution is -2.55. The first-order valence-electron chi connectivity index (χ1n) is 11.1. The molecular formula is C24H24ClFN6O4. The van der Waals surface area contributed by atoms with Crippen molar-refractivity contribution in [3.8, 4) is 0 Å². The monoisotopic (exact) mass is 514 g/mol. The van der Waals surface area contributed by atoms with Crippen LogP contribution in [0.1, 0.15) is 18.9 Å². The first-order chi connectivity index (χ1) is 17.2. The maximum absolute atomic E-state index is 14.3. The molecule has 1 aliphatic heterocycles. The van der Waals surface area contributed by atoms with Gasteiger partial charge >= 0.3 is 12.1 Å². The predicted octanol–water partition coefficient (Wildman–Crippen LogP) is 2.79. The number of primary amides is 1. The number of hydrogen-bond donors (Lipinski definition) is 4. The van der Waals surface area contributed by atoms with Crippen LogP contribution in [0.3, 0.4) is 0 Å². The average Bonchev–Trinajstić information content (AvgIpc) is 3.41. The third kappa shape index (κ3) is 4.96. The number of nitrogens with one attached hydrogen (secondary N) is 3. The molecule has 0 spiro atoms. The molecule has 3 aromatic rings. The average molecular weight is 515 g/mol. The van der Waals surface area contributed by atoms with Crippen molar-refractivity contribution >= 4 is 52.1 Å². The third-order valence-electron chi connectivity index (χ3n) is 5.99. The van der Waals surface area contributed by atoms with Crippen LogP contribution in [0.2, 0.25) is 5.02 Å². The zero-order valence-electron chi connectivity index (χ0n) is 19.3. The van der Waals surface area contributed by atoms with Crippen LogP contribution in [0.4, 0.5) is 19.7 Å². The Morgan fingerprint density at radius 1 is 1.14 bits per heavy atom. The van der Waals surface area contributed by atoms with Crippen LogP contribution < -0.4 is 21.7 Å². The van der Waals surface area contributed by atoms with E-state index in [1.54, 1.807) is 30.3 Å². The number of halogens is 2. The lowest BCUT2D eigenvalue weighted by molar-refractivity contribution is -0.126. The first-order valence-corrected chi connectivity index (χ1v) is 11.5. The molecule has 12 heteroatoms. The van der Waals surface area contributed by atoms with Gasteiger partial charge in [-0.2, -0.15) is 0 Å². The van der Waals surface area contributed by atoms with Crippen molar-refractivity contribution in [2.45, 2.75) is 32.0 Å². The van der Waals surface area contributed by atoms with Crippen molar-refractivity contribution in [3.05, 3.63) is 65.1 Å². The van der Waals surface area contributed by atoms with Crippen molar-refractivity contribution in [3.63, 3.8) is 0 Å². The van der Waals surface area contributed by atoms with E-state index in [9.17, 15) is 23.6 Å². The Balaban J connectivity index is 1.56. The highest BCUT2D eigenvalue weighted by atomic mass is 35.5. The largest absolute Gasteiger partial charge is 0.351 e. The summed E-state index contributed by atoms with van der Waals surface area (Å²) in [6.07, 6.45) is 1.74. The van der Waals surface area contributed by atoms with E-state index in [4.69, 9.17) is 17.3 Å². The van der Waals surface area contributed by atoms with Gasteiger partial charge in [0.15, 0.2) is 0 Å². The van der Waals surface area contributed by atoms with Gasteiger partial charge in [0.2, 0.25) is 11.8 Å². The van der Waals surface area contributed by atoms with E-state index in [2.05, 4.69) is 16.0 Å². The van der Waals surface area contributed by atoms with Crippen LogP contribution in [0.15, 0.2) is 48.7 Å². The molecule has 1 aliphatic rings. The number of carbonyl (C=O) groups is 4. The lowest BCUT2D eigenvalue weighted by atomic mass is 10.1. The maximum atomic E-state index is 14.3. The summed E-state index contributed by atoms with van der Waals surface area (Å²) in [4.78, 5) is 51.3. The minimum absolute atomic E-state index is 0.0742. The van der Waals surface area contributed by atoms with E-state index >= 15 is 0 Å². The Labute approximate surface area is 210 Å². The first kappa shape index (κ1) is 25.0. The maximum Gasteiger partial charge on any atom is 0.323 e. The topological polar surface area (TPSA) is 139 Å². The van der Waals surface area contributed by atoms with Crippen molar-refractivity contribution in [1.82, 2.24) is 20.1 Å². The molecule has 1 saturated heterocycles. The molecule has 5 amide bonds. The number of likely N-dealkylation sites (tertiary alicyclic amines) is 1. The van der Waals surface area contributed by atoms with Crippen LogP contribution in [0.5, 0.6) is 0 Å². The zero-order chi connectivity index (χ0) is 26.0. The number of carbonyl (C=O) groups excluding carboxylic acids is 4. The summed E-state index contributed by atoms with van der Waals surface area (Å²) in [6, 6.07) is 8.30. The molecule has 4 rings (SSSR count). The molecule has 2 aromatic carbocycles. The van der Waals surface area contributed by atoms with E-state index in [0.717, 1.165) is 0 Å². The molecule has 5 N–H and O–H groups in total. The molecule has 1 aromatic heterocycles. The number of fused-ring (bicyclic) bond motifs is 1. The fraction of sp³-hybridized carbons (Fsp3) is 0.250. The number of nitrogens with two attached hydrogens (primary N) is 1. The van der Waals surface area contributed by atoms with Gasteiger partial charge in [0.05, 0.1) is 22.3 Å². The number of amides is 5. The van der Waals surface area contributed by atoms with Crippen LogP contribution >= 0.6 is 11.6 Å². The number of urea groups is 1. The number of anilines is 1. The fourth-order valence-electron chi connectivity index (χ4n) is 4.38. The quantitative estimate of drug-likeness (QED) is 0.416. The van der Waals surface area contributed by atoms with Gasteiger partial charge in [-0.05, 0) is 18.6 Å². The third-order valence-corrected chi connectivity index (χ3v) is 6.28. The Hall–Kier alpha value is -4.12. The smallest absolute Gasteiger partial charge is 0.323 e. The Bertz CT molecular complexity index is 1360. The molecule has 0 saturated carbocycles. The standard InChI is InChI=1S/C24H24ClFN6O4/c1-13(33)29-17-9-10-31(21(17)22(34)28-11-14-5-4-7-16(25)20(14)26)24(36)30-18-12-32(23(27)35)19-8-3-2-6-15(18)19/h2-8,12,17,21H,9-11H2,1H3,(H2,27,35)(H,28,34)(H,29,33)(H,30,36)/t17-,21+/m1/s1. The molecule has 188 valence electrons. The van der Waals surface area contributed by atoms with E-state index < -0.39 is 35.9 Å². The van der Waals surface area contributed by atoms with E-state index in [-0.39, 0.29) is 29.6 Å². The SMILES string of the molecule is CC(=O)N[C@@H]1CCN(C(=O)Nc2cn(C(N)=O)c3ccccc23)[C@@H]1C(=O)NCc1cccc(Cl)c1F. The highest BCUT2D eigenvalue weighted by Gasteiger charge is 2.42. The van der Waals surface area contributed by atoms with E-state index in [0.29, 0.717) is 23.0 Å². The number of para-hydroxylation sites is 1. The van der Waals surface area contributed by atoms with Crippen LogP contribution in [0, 0.1) is 5.82 Å². The molecule has 36 heavy (non-hydrogen) atoms. The molecule has 1 fully saturated rings. The second-order valence-electron chi connectivity index (χ2n) is 8.36. The van der Waals surface area contributed by atoms with Crippen molar-refractivity contribution in [1.29, 1.82) is 0 Å². The molecule has 0 bridgehead atoms. The zero-order valence-corrected chi connectivity index (χ0v) is 20.0. The molecule has 2 heterocycles. The summed E-state index contributed by atoms with van der Waals surface area (Å²) in [6.45, 7) is 1.34. The van der Waals surface area contributed by atoms with E-state index in [1.807, 2.05) is 0 Å². The summed E-state index contributed by atoms with van der Waals surface area (Å²) in [5.41, 5.74) is 6.47. The molecular weight excluding hydrogens is 491 g/mol. The number of benzene rings is 2. The fourth-order valence-corrected chi connectivity index (χ4v) is 4.57. The second kappa shape index (κ2) is 10.2. The summed E-state index contributed by atoms with van der Waals surface area (Å²) < 4.78 is 15.5.